The predicted molar refractivity (Wildman–Crippen MR) is 91.2 cm³/mol. The molecule has 11 nitrogen and oxygen atoms in total. The van der Waals surface area contributed by atoms with Gasteiger partial charge in [0, 0.05) is 25.0 Å². The Labute approximate surface area is 157 Å². The predicted octanol–water partition coefficient (Wildman–Crippen LogP) is -0.533. The lowest BCUT2D eigenvalue weighted by molar-refractivity contribution is -0.166. The number of fused-ring (bicyclic) bond motifs is 1. The van der Waals surface area contributed by atoms with Gasteiger partial charge in [-0.25, -0.2) is 13.2 Å². The fraction of sp³-hybridized carbons (Fsp3) is 0.500. The summed E-state index contributed by atoms with van der Waals surface area (Å²) in [6.45, 7) is 3.77. The third-order valence-electron chi connectivity index (χ3n) is 4.11. The molecule has 0 aliphatic carbocycles. The maximum Gasteiger partial charge on any atom is 0.397 e. The molecule has 2 amide bonds. The zero-order valence-corrected chi connectivity index (χ0v) is 16.2. The van der Waals surface area contributed by atoms with E-state index >= 15 is 0 Å². The summed E-state index contributed by atoms with van der Waals surface area (Å²) in [5, 5.41) is 12.8. The van der Waals surface area contributed by atoms with Gasteiger partial charge in [-0.15, -0.1) is 0 Å². The summed E-state index contributed by atoms with van der Waals surface area (Å²) in [6.07, 6.45) is 1.01. The van der Waals surface area contributed by atoms with Crippen LogP contribution in [0.1, 0.15) is 27.2 Å². The van der Waals surface area contributed by atoms with Crippen LogP contribution in [0.2, 0.25) is 0 Å². The Morgan fingerprint density at radius 3 is 2.48 bits per heavy atom. The molecule has 2 aliphatic rings. The lowest BCUT2D eigenvalue weighted by Gasteiger charge is -2.49. The molecule has 0 aromatic carbocycles. The van der Waals surface area contributed by atoms with Gasteiger partial charge in [-0.1, -0.05) is 0 Å². The number of hydrogen-bond acceptors (Lipinski definition) is 7. The van der Waals surface area contributed by atoms with Gasteiger partial charge in [-0.2, -0.15) is 8.42 Å². The summed E-state index contributed by atoms with van der Waals surface area (Å²) in [7, 11) is -6.79. The van der Waals surface area contributed by atoms with Crippen LogP contribution in [0.25, 0.3) is 0 Å². The van der Waals surface area contributed by atoms with Crippen molar-refractivity contribution in [3.8, 4) is 0 Å². The highest BCUT2D eigenvalue weighted by molar-refractivity contribution is 7.91. The number of carbonyl (C=O) groups is 3. The zero-order chi connectivity index (χ0) is 20.7. The highest BCUT2D eigenvalue weighted by Gasteiger charge is 2.62. The first-order valence-corrected chi connectivity index (χ1v) is 10.2. The van der Waals surface area contributed by atoms with E-state index in [0.717, 1.165) is 16.5 Å². The van der Waals surface area contributed by atoms with Gasteiger partial charge in [0.25, 0.3) is 0 Å². The molecule has 0 bridgehead atoms. The molecule has 2 heterocycles. The fourth-order valence-electron chi connectivity index (χ4n) is 3.23. The molecule has 0 radical (unpaired) electrons. The van der Waals surface area contributed by atoms with E-state index in [1.807, 2.05) is 0 Å². The van der Waals surface area contributed by atoms with E-state index in [0.29, 0.717) is 0 Å². The second kappa shape index (κ2) is 7.14. The number of carboxylic acid groups (broad SMARTS) is 1. The van der Waals surface area contributed by atoms with Crippen molar-refractivity contribution in [3.05, 3.63) is 22.2 Å². The van der Waals surface area contributed by atoms with Gasteiger partial charge in [0.15, 0.2) is 0 Å². The molecular weight excluding hydrogens is 404 g/mol. The average Bonchev–Trinajstić information content (AvgIpc) is 2.78. The van der Waals surface area contributed by atoms with Crippen LogP contribution in [-0.2, 0) is 39.8 Å². The van der Waals surface area contributed by atoms with Crippen LogP contribution < -0.4 is 5.32 Å². The van der Waals surface area contributed by atoms with Crippen molar-refractivity contribution in [2.75, 3.05) is 0 Å². The van der Waals surface area contributed by atoms with E-state index in [1.54, 1.807) is 0 Å². The molecule has 3 N–H and O–H groups in total. The van der Waals surface area contributed by atoms with E-state index in [1.165, 1.54) is 20.8 Å². The van der Waals surface area contributed by atoms with Crippen LogP contribution in [-0.4, -0.2) is 56.6 Å². The number of β-lactam (4-membered cyclic amide) rings is 1. The van der Waals surface area contributed by atoms with E-state index in [2.05, 4.69) is 9.50 Å². The molecule has 13 heteroatoms. The van der Waals surface area contributed by atoms with E-state index in [-0.39, 0.29) is 11.3 Å². The topological polar surface area (TPSA) is 167 Å². The first kappa shape index (κ1) is 21.2. The van der Waals surface area contributed by atoms with Crippen molar-refractivity contribution in [1.82, 2.24) is 10.2 Å². The van der Waals surface area contributed by atoms with E-state index < -0.39 is 62.2 Å². The molecule has 0 saturated carbocycles. The van der Waals surface area contributed by atoms with Crippen molar-refractivity contribution in [2.45, 2.75) is 38.8 Å². The summed E-state index contributed by atoms with van der Waals surface area (Å²) >= 11 is 0. The first-order chi connectivity index (χ1) is 12.3. The molecule has 0 aromatic rings. The zero-order valence-electron chi connectivity index (χ0n) is 14.5. The molecular formula is C14H18N2O9S2. The quantitative estimate of drug-likeness (QED) is 0.361. The van der Waals surface area contributed by atoms with Crippen molar-refractivity contribution >= 4 is 39.0 Å². The van der Waals surface area contributed by atoms with Gasteiger partial charge >= 0.3 is 16.4 Å². The Morgan fingerprint density at radius 1 is 1.41 bits per heavy atom. The van der Waals surface area contributed by atoms with Gasteiger partial charge < -0.3 is 15.3 Å². The smallest absolute Gasteiger partial charge is 0.397 e. The fourth-order valence-corrected chi connectivity index (χ4v) is 4.94. The molecule has 27 heavy (non-hydrogen) atoms. The molecule has 0 spiro atoms. The first-order valence-electron chi connectivity index (χ1n) is 7.58. The minimum Gasteiger partial charge on any atom is -0.477 e. The van der Waals surface area contributed by atoms with Crippen LogP contribution >= 0.6 is 0 Å². The minimum atomic E-state index is -4.85. The maximum atomic E-state index is 12.5. The van der Waals surface area contributed by atoms with Crippen LogP contribution in [0.4, 0.5) is 0 Å². The molecule has 150 valence electrons. The second-order valence-electron chi connectivity index (χ2n) is 6.45. The monoisotopic (exact) mass is 422 g/mol. The van der Waals surface area contributed by atoms with E-state index in [4.69, 9.17) is 4.55 Å². The number of rotatable bonds is 7. The Morgan fingerprint density at radius 2 is 2.00 bits per heavy atom. The van der Waals surface area contributed by atoms with Crippen molar-refractivity contribution < 1.29 is 40.9 Å². The number of nitrogens with one attached hydrogen (secondary N) is 1. The highest BCUT2D eigenvalue weighted by atomic mass is 32.3. The molecule has 2 aliphatic heterocycles. The number of nitrogens with zero attached hydrogens (tertiary/aromatic N) is 1. The third kappa shape index (κ3) is 4.26. The lowest BCUT2D eigenvalue weighted by Crippen LogP contribution is -2.66. The molecule has 0 aromatic heterocycles. The minimum absolute atomic E-state index is 0.0485. The SMILES string of the molecule is CC(=O)NC=C[S@](=O)C1=C(C(=O)O)N2C(=O)[C@@H](C(C)(C)OS(=O)(=O)O)[C@H]2C1. The van der Waals surface area contributed by atoms with Crippen LogP contribution in [0, 0.1) is 5.92 Å². The highest BCUT2D eigenvalue weighted by Crippen LogP contribution is 2.48. The molecule has 3 atom stereocenters. The van der Waals surface area contributed by atoms with Crippen molar-refractivity contribution in [1.29, 1.82) is 0 Å². The Balaban J connectivity index is 2.30. The summed E-state index contributed by atoms with van der Waals surface area (Å²) in [6, 6.07) is -0.784. The number of aliphatic carboxylic acids is 1. The second-order valence-corrected chi connectivity index (χ2v) is 8.83. The van der Waals surface area contributed by atoms with Gasteiger partial charge in [-0.3, -0.25) is 14.1 Å². The number of carboxylic acids is 1. The lowest BCUT2D eigenvalue weighted by atomic mass is 9.76. The summed E-state index contributed by atoms with van der Waals surface area (Å²) in [5.41, 5.74) is -2.09. The Kier molecular flexibility index (Phi) is 5.61. The molecule has 0 unspecified atom stereocenters. The van der Waals surface area contributed by atoms with Crippen molar-refractivity contribution in [2.24, 2.45) is 5.92 Å². The summed E-state index contributed by atoms with van der Waals surface area (Å²) in [5.74, 6) is -3.66. The number of amides is 2. The van der Waals surface area contributed by atoms with Crippen molar-refractivity contribution in [3.63, 3.8) is 0 Å². The summed E-state index contributed by atoms with van der Waals surface area (Å²) in [4.78, 5) is 35.8. The van der Waals surface area contributed by atoms with Crippen LogP contribution in [0.15, 0.2) is 22.2 Å². The van der Waals surface area contributed by atoms with Gasteiger partial charge in [-0.05, 0) is 13.8 Å². The normalized spacial score (nSPS) is 24.0. The molecule has 1 saturated heterocycles. The van der Waals surface area contributed by atoms with Gasteiger partial charge in [0.2, 0.25) is 11.8 Å². The average molecular weight is 422 g/mol. The molecule has 2 rings (SSSR count). The van der Waals surface area contributed by atoms with Gasteiger partial charge in [0.1, 0.15) is 5.70 Å². The number of hydrogen-bond donors (Lipinski definition) is 3. The number of carbonyl (C=O) groups excluding carboxylic acids is 2. The molecule has 1 fully saturated rings. The van der Waals surface area contributed by atoms with E-state index in [9.17, 15) is 32.1 Å². The Bertz CT molecular complexity index is 888. The largest absolute Gasteiger partial charge is 0.477 e. The van der Waals surface area contributed by atoms with Crippen LogP contribution in [0.3, 0.4) is 0 Å². The standard InChI is InChI=1S/C14H18N2O9S2/c1-7(17)15-4-5-26(21)9-6-8-10(14(2,3)25-27(22,23)24)12(18)16(8)11(9)13(19)20/h4-5,8,10H,6H2,1-3H3,(H,15,17)(H,19,20)(H,22,23,24)/t8-,10+,26+/m1/s1. The summed E-state index contributed by atoms with van der Waals surface area (Å²) < 4.78 is 47.9. The third-order valence-corrected chi connectivity index (χ3v) is 5.98. The van der Waals surface area contributed by atoms with Gasteiger partial charge in [0.05, 0.1) is 33.3 Å². The Hall–Kier alpha value is -2.09. The van der Waals surface area contributed by atoms with Crippen LogP contribution in [0.5, 0.6) is 0 Å². The maximum absolute atomic E-state index is 12.5.